The highest BCUT2D eigenvalue weighted by molar-refractivity contribution is 6.08. The van der Waals surface area contributed by atoms with Gasteiger partial charge in [-0.05, 0) is 28.0 Å². The molecule has 0 aliphatic heterocycles. The zero-order valence-electron chi connectivity index (χ0n) is 20.3. The molecule has 4 aromatic rings. The summed E-state index contributed by atoms with van der Waals surface area (Å²) in [5.74, 6) is -2.26. The molecular formula is C31H29NO5. The molecule has 188 valence electrons. The Hall–Kier alpha value is -4.55. The first kappa shape index (κ1) is 27.0. The first-order valence-corrected chi connectivity index (χ1v) is 12.0. The number of Topliss-reactive ketones (excluding diaryl/α,β-unsaturated/α-hetero) is 1. The number of carbonyl (C=O) groups excluding carboxylic acids is 2. The molecule has 4 rings (SSSR count). The Balaban J connectivity index is 0.000000414. The van der Waals surface area contributed by atoms with Gasteiger partial charge in [0.1, 0.15) is 0 Å². The van der Waals surface area contributed by atoms with E-state index in [4.69, 9.17) is 5.11 Å². The van der Waals surface area contributed by atoms with Crippen molar-refractivity contribution in [2.75, 3.05) is 13.1 Å². The van der Waals surface area contributed by atoms with Crippen LogP contribution in [0.5, 0.6) is 0 Å². The summed E-state index contributed by atoms with van der Waals surface area (Å²) < 4.78 is 0. The summed E-state index contributed by atoms with van der Waals surface area (Å²) in [4.78, 5) is 31.8. The molecule has 0 spiro atoms. The number of hydrogen-bond donors (Lipinski definition) is 2. The third-order valence-corrected chi connectivity index (χ3v) is 5.83. The second-order valence-electron chi connectivity index (χ2n) is 8.38. The van der Waals surface area contributed by atoms with Crippen molar-refractivity contribution in [1.29, 1.82) is 0 Å². The number of carboxylic acid groups (broad SMARTS) is 2. The SMILES string of the molecule is O=C(CC[NH2+]CC(c1ccccc1)c1ccccc1)c1cccc2ccccc12.O=C([O-])/C=C/C(=O)O. The van der Waals surface area contributed by atoms with Crippen molar-refractivity contribution in [2.24, 2.45) is 0 Å². The molecule has 0 saturated carbocycles. The van der Waals surface area contributed by atoms with Gasteiger partial charge in [-0.15, -0.1) is 0 Å². The van der Waals surface area contributed by atoms with Gasteiger partial charge in [0.25, 0.3) is 0 Å². The minimum absolute atomic E-state index is 0.217. The molecule has 0 aliphatic carbocycles. The van der Waals surface area contributed by atoms with Crippen LogP contribution in [0.2, 0.25) is 0 Å². The van der Waals surface area contributed by atoms with Crippen molar-refractivity contribution in [1.82, 2.24) is 0 Å². The summed E-state index contributed by atoms with van der Waals surface area (Å²) in [6.45, 7) is 1.72. The number of aliphatic carboxylic acids is 2. The molecule has 37 heavy (non-hydrogen) atoms. The van der Waals surface area contributed by atoms with Crippen LogP contribution in [-0.2, 0) is 9.59 Å². The summed E-state index contributed by atoms with van der Waals surface area (Å²) in [5.41, 5.74) is 3.46. The smallest absolute Gasteiger partial charge is 0.328 e. The second kappa shape index (κ2) is 14.1. The molecule has 0 aromatic heterocycles. The Bertz CT molecular complexity index is 1290. The lowest BCUT2D eigenvalue weighted by Crippen LogP contribution is -2.85. The zero-order chi connectivity index (χ0) is 26.5. The van der Waals surface area contributed by atoms with E-state index in [0.29, 0.717) is 24.5 Å². The molecule has 6 heteroatoms. The van der Waals surface area contributed by atoms with Crippen LogP contribution in [-0.4, -0.2) is 35.9 Å². The molecular weight excluding hydrogens is 466 g/mol. The third-order valence-electron chi connectivity index (χ3n) is 5.83. The summed E-state index contributed by atoms with van der Waals surface area (Å²) >= 11 is 0. The van der Waals surface area contributed by atoms with Crippen LogP contribution in [0, 0.1) is 0 Å². The van der Waals surface area contributed by atoms with E-state index >= 15 is 0 Å². The highest BCUT2D eigenvalue weighted by Gasteiger charge is 2.16. The molecule has 0 bridgehead atoms. The number of carbonyl (C=O) groups is 3. The Morgan fingerprint density at radius 1 is 0.757 bits per heavy atom. The molecule has 4 aromatic carbocycles. The van der Waals surface area contributed by atoms with Crippen molar-refractivity contribution in [2.45, 2.75) is 12.3 Å². The van der Waals surface area contributed by atoms with E-state index in [2.05, 4.69) is 78.1 Å². The van der Waals surface area contributed by atoms with E-state index in [1.807, 2.05) is 30.3 Å². The minimum atomic E-state index is -1.51. The molecule has 0 fully saturated rings. The fourth-order valence-corrected chi connectivity index (χ4v) is 4.10. The number of rotatable bonds is 10. The fraction of sp³-hybridized carbons (Fsp3) is 0.129. The molecule has 0 heterocycles. The molecule has 0 amide bonds. The quantitative estimate of drug-likeness (QED) is 0.199. The van der Waals surface area contributed by atoms with Crippen LogP contribution in [0.3, 0.4) is 0 Å². The number of nitrogens with two attached hydrogens (primary N) is 1. The van der Waals surface area contributed by atoms with Crippen molar-refractivity contribution < 1.29 is 29.9 Å². The monoisotopic (exact) mass is 495 g/mol. The predicted octanol–water partition coefficient (Wildman–Crippen LogP) is 3.19. The van der Waals surface area contributed by atoms with Crippen LogP contribution >= 0.6 is 0 Å². The number of quaternary nitrogens is 1. The lowest BCUT2D eigenvalue weighted by molar-refractivity contribution is -0.654. The average molecular weight is 496 g/mol. The fourth-order valence-electron chi connectivity index (χ4n) is 4.10. The van der Waals surface area contributed by atoms with Gasteiger partial charge in [-0.3, -0.25) is 4.79 Å². The van der Waals surface area contributed by atoms with Crippen LogP contribution < -0.4 is 10.4 Å². The highest BCUT2D eigenvalue weighted by atomic mass is 16.4. The van der Waals surface area contributed by atoms with Gasteiger partial charge in [0, 0.05) is 11.6 Å². The minimum Gasteiger partial charge on any atom is -0.545 e. The maximum atomic E-state index is 12.8. The summed E-state index contributed by atoms with van der Waals surface area (Å²) in [5, 5.41) is 21.7. The molecule has 6 nitrogen and oxygen atoms in total. The maximum Gasteiger partial charge on any atom is 0.328 e. The maximum absolute atomic E-state index is 12.8. The van der Waals surface area contributed by atoms with Crippen molar-refractivity contribution >= 4 is 28.5 Å². The van der Waals surface area contributed by atoms with Gasteiger partial charge in [0.15, 0.2) is 5.78 Å². The van der Waals surface area contributed by atoms with Crippen molar-refractivity contribution in [3.63, 3.8) is 0 Å². The van der Waals surface area contributed by atoms with Gasteiger partial charge in [-0.25, -0.2) is 4.79 Å². The van der Waals surface area contributed by atoms with Crippen molar-refractivity contribution in [3.05, 3.63) is 132 Å². The van der Waals surface area contributed by atoms with Crippen molar-refractivity contribution in [3.8, 4) is 0 Å². The molecule has 0 aliphatic rings. The molecule has 0 unspecified atom stereocenters. The first-order valence-electron chi connectivity index (χ1n) is 12.0. The number of benzene rings is 4. The van der Waals surface area contributed by atoms with Gasteiger partial charge in [0.2, 0.25) is 0 Å². The third kappa shape index (κ3) is 8.56. The summed E-state index contributed by atoms with van der Waals surface area (Å²) in [7, 11) is 0. The first-order chi connectivity index (χ1) is 18.0. The van der Waals surface area contributed by atoms with E-state index in [0.717, 1.165) is 29.4 Å². The van der Waals surface area contributed by atoms with Crippen LogP contribution in [0.1, 0.15) is 33.8 Å². The highest BCUT2D eigenvalue weighted by Crippen LogP contribution is 2.23. The van der Waals surface area contributed by atoms with E-state index in [1.54, 1.807) is 0 Å². The average Bonchev–Trinajstić information content (AvgIpc) is 2.93. The lowest BCUT2D eigenvalue weighted by Gasteiger charge is -2.16. The standard InChI is InChI=1S/C27H25NO.C4H4O4/c29-27(25-17-9-15-21-14-7-8-16-24(21)25)18-19-28-20-26(22-10-3-1-4-11-22)23-12-5-2-6-13-23;5-3(6)1-2-4(7)8/h1-17,26,28H,18-20H2;1-2H,(H,5,6)(H,7,8)/b;2-1+. The van der Waals surface area contributed by atoms with Crippen LogP contribution in [0.15, 0.2) is 115 Å². The number of carboxylic acids is 2. The van der Waals surface area contributed by atoms with E-state index in [-0.39, 0.29) is 5.78 Å². The Labute approximate surface area is 215 Å². The van der Waals surface area contributed by atoms with Gasteiger partial charge in [0.05, 0.1) is 31.4 Å². The number of hydrogen-bond acceptors (Lipinski definition) is 4. The van der Waals surface area contributed by atoms with E-state index < -0.39 is 11.9 Å². The van der Waals surface area contributed by atoms with Gasteiger partial charge in [-0.2, -0.15) is 0 Å². The summed E-state index contributed by atoms with van der Waals surface area (Å²) in [6, 6.07) is 35.3. The van der Waals surface area contributed by atoms with Crippen LogP contribution in [0.25, 0.3) is 10.8 Å². The molecule has 0 atom stereocenters. The topological polar surface area (TPSA) is 111 Å². The number of fused-ring (bicyclic) bond motifs is 1. The van der Waals surface area contributed by atoms with Crippen LogP contribution in [0.4, 0.5) is 0 Å². The molecule has 0 saturated heterocycles. The zero-order valence-corrected chi connectivity index (χ0v) is 20.3. The Morgan fingerprint density at radius 2 is 1.32 bits per heavy atom. The van der Waals surface area contributed by atoms with E-state index in [1.165, 1.54) is 11.1 Å². The lowest BCUT2D eigenvalue weighted by atomic mass is 9.91. The van der Waals surface area contributed by atoms with Gasteiger partial charge >= 0.3 is 5.97 Å². The van der Waals surface area contributed by atoms with Gasteiger partial charge in [-0.1, -0.05) is 103 Å². The predicted molar refractivity (Wildman–Crippen MR) is 141 cm³/mol. The Kier molecular flexibility index (Phi) is 10.3. The Morgan fingerprint density at radius 3 is 1.89 bits per heavy atom. The second-order valence-corrected chi connectivity index (χ2v) is 8.38. The molecule has 0 radical (unpaired) electrons. The normalized spacial score (nSPS) is 10.7. The summed E-state index contributed by atoms with van der Waals surface area (Å²) in [6.07, 6.45) is 1.49. The number of ketones is 1. The van der Waals surface area contributed by atoms with E-state index in [9.17, 15) is 19.5 Å². The molecule has 3 N–H and O–H groups in total. The largest absolute Gasteiger partial charge is 0.545 e. The van der Waals surface area contributed by atoms with Gasteiger partial charge < -0.3 is 20.3 Å².